The highest BCUT2D eigenvalue weighted by Gasteiger charge is 1.99. The average Bonchev–Trinajstić information content (AvgIpc) is 2.11. The van der Waals surface area contributed by atoms with E-state index in [9.17, 15) is 9.59 Å². The lowest BCUT2D eigenvalue weighted by atomic mass is 10.2. The Morgan fingerprint density at radius 1 is 1.38 bits per heavy atom. The van der Waals surface area contributed by atoms with Gasteiger partial charge in [0.05, 0.1) is 6.61 Å². The van der Waals surface area contributed by atoms with Gasteiger partial charge in [0.1, 0.15) is 0 Å². The lowest BCUT2D eigenvalue weighted by molar-refractivity contribution is -0.143. The van der Waals surface area contributed by atoms with Crippen molar-refractivity contribution in [2.24, 2.45) is 0 Å². The van der Waals surface area contributed by atoms with Crippen molar-refractivity contribution in [3.05, 3.63) is 0 Å². The molecule has 4 heteroatoms. The fourth-order valence-corrected chi connectivity index (χ4v) is 0.944. The minimum Gasteiger partial charge on any atom is -0.466 e. The number of esters is 1. The Hall–Kier alpha value is -1.06. The maximum atomic E-state index is 10.8. The number of carbonyl (C=O) groups excluding carboxylic acids is 2. The molecule has 1 radical (unpaired) electrons. The van der Waals surface area contributed by atoms with Crippen LogP contribution in [-0.4, -0.2) is 25.5 Å². The van der Waals surface area contributed by atoms with Crippen LogP contribution in [0.2, 0.25) is 0 Å². The molecule has 0 atom stereocenters. The zero-order valence-corrected chi connectivity index (χ0v) is 7.97. The molecule has 0 saturated heterocycles. The average molecular weight is 186 g/mol. The smallest absolute Gasteiger partial charge is 0.309 e. The second-order valence-corrected chi connectivity index (χ2v) is 2.64. The minimum absolute atomic E-state index is 0.141. The number of ether oxygens (including phenoxy) is 1. The maximum Gasteiger partial charge on any atom is 0.309 e. The van der Waals surface area contributed by atoms with Crippen LogP contribution in [0.15, 0.2) is 0 Å². The van der Waals surface area contributed by atoms with Gasteiger partial charge in [-0.15, -0.1) is 0 Å². The highest BCUT2D eigenvalue weighted by Crippen LogP contribution is 2.00. The zero-order valence-electron chi connectivity index (χ0n) is 7.97. The van der Waals surface area contributed by atoms with Crippen molar-refractivity contribution in [2.75, 3.05) is 13.2 Å². The van der Waals surface area contributed by atoms with Gasteiger partial charge in [0.2, 0.25) is 0 Å². The number of hydrogen-bond donors (Lipinski definition) is 1. The topological polar surface area (TPSA) is 55.4 Å². The second-order valence-electron chi connectivity index (χ2n) is 2.64. The third-order valence-corrected chi connectivity index (χ3v) is 1.56. The lowest BCUT2D eigenvalue weighted by Crippen LogP contribution is -2.12. The molecule has 0 aromatic rings. The van der Waals surface area contributed by atoms with E-state index in [-0.39, 0.29) is 5.97 Å². The summed E-state index contributed by atoms with van der Waals surface area (Å²) in [6.45, 7) is 2.87. The summed E-state index contributed by atoms with van der Waals surface area (Å²) < 4.78 is 4.75. The van der Waals surface area contributed by atoms with Gasteiger partial charge in [0.15, 0.2) is 0 Å². The lowest BCUT2D eigenvalue weighted by Gasteiger charge is -2.01. The molecule has 0 bridgehead atoms. The first-order valence-corrected chi connectivity index (χ1v) is 4.57. The van der Waals surface area contributed by atoms with Gasteiger partial charge in [-0.1, -0.05) is 6.42 Å². The van der Waals surface area contributed by atoms with E-state index in [0.29, 0.717) is 19.6 Å². The Kier molecular flexibility index (Phi) is 8.30. The van der Waals surface area contributed by atoms with Crippen LogP contribution >= 0.6 is 0 Å². The van der Waals surface area contributed by atoms with Crippen molar-refractivity contribution in [3.8, 4) is 0 Å². The summed E-state index contributed by atoms with van der Waals surface area (Å²) in [5.74, 6) is -0.141. The predicted octanol–water partition coefficient (Wildman–Crippen LogP) is 0.767. The number of nitrogens with one attached hydrogen (secondary N) is 1. The molecule has 0 spiro atoms. The molecular formula is C9H16NO3. The molecule has 1 N–H and O–H groups in total. The molecule has 13 heavy (non-hydrogen) atoms. The first kappa shape index (κ1) is 11.9. The molecule has 4 nitrogen and oxygen atoms in total. The molecule has 0 aromatic heterocycles. The number of rotatable bonds is 8. The Morgan fingerprint density at radius 3 is 2.77 bits per heavy atom. The van der Waals surface area contributed by atoms with Gasteiger partial charge in [0, 0.05) is 13.0 Å². The van der Waals surface area contributed by atoms with Crippen molar-refractivity contribution < 1.29 is 14.3 Å². The molecule has 75 valence electrons. The van der Waals surface area contributed by atoms with Crippen molar-refractivity contribution in [1.82, 2.24) is 5.32 Å². The highest BCUT2D eigenvalue weighted by atomic mass is 16.5. The molecular weight excluding hydrogens is 170 g/mol. The maximum absolute atomic E-state index is 10.8. The fourth-order valence-electron chi connectivity index (χ4n) is 0.944. The largest absolute Gasteiger partial charge is 0.466 e. The minimum atomic E-state index is -0.141. The standard InChI is InChI=1S/C9H16NO3/c1-2-13-9(12)6-4-3-5-7-10-8-11/h2-7H2,1H3,(H,10,11). The summed E-state index contributed by atoms with van der Waals surface area (Å²) in [6, 6.07) is 0. The Bertz CT molecular complexity index is 148. The zero-order chi connectivity index (χ0) is 9.94. The quantitative estimate of drug-likeness (QED) is 0.346. The van der Waals surface area contributed by atoms with Crippen LogP contribution in [0, 0.1) is 0 Å². The molecule has 0 rings (SSSR count). The number of amides is 1. The second kappa shape index (κ2) is 9.03. The molecule has 0 aliphatic carbocycles. The third-order valence-electron chi connectivity index (χ3n) is 1.56. The normalized spacial score (nSPS) is 9.31. The Balaban J connectivity index is 3.06. The van der Waals surface area contributed by atoms with E-state index in [1.54, 1.807) is 13.3 Å². The first-order valence-electron chi connectivity index (χ1n) is 4.57. The summed E-state index contributed by atoms with van der Waals surface area (Å²) in [5, 5.41) is 2.44. The molecule has 1 amide bonds. The van der Waals surface area contributed by atoms with E-state index in [1.807, 2.05) is 0 Å². The highest BCUT2D eigenvalue weighted by molar-refractivity contribution is 5.69. The first-order chi connectivity index (χ1) is 6.31. The molecule has 0 aliphatic heterocycles. The molecule has 0 unspecified atom stereocenters. The van der Waals surface area contributed by atoms with E-state index < -0.39 is 0 Å². The Labute approximate surface area is 78.6 Å². The van der Waals surface area contributed by atoms with Gasteiger partial charge in [0.25, 0.3) is 0 Å². The molecule has 0 fully saturated rings. The van der Waals surface area contributed by atoms with Gasteiger partial charge < -0.3 is 10.1 Å². The van der Waals surface area contributed by atoms with E-state index in [0.717, 1.165) is 19.3 Å². The number of unbranched alkanes of at least 4 members (excludes halogenated alkanes) is 2. The summed E-state index contributed by atoms with van der Waals surface area (Å²) in [5.41, 5.74) is 0. The van der Waals surface area contributed by atoms with Gasteiger partial charge in [-0.3, -0.25) is 9.59 Å². The number of hydrogen-bond acceptors (Lipinski definition) is 3. The fraction of sp³-hybridized carbons (Fsp3) is 0.778. The van der Waals surface area contributed by atoms with Crippen LogP contribution in [0.25, 0.3) is 0 Å². The molecule has 0 saturated carbocycles. The van der Waals surface area contributed by atoms with Gasteiger partial charge >= 0.3 is 12.4 Å². The summed E-state index contributed by atoms with van der Waals surface area (Å²) in [7, 11) is 0. The summed E-state index contributed by atoms with van der Waals surface area (Å²) >= 11 is 0. The molecule has 0 aliphatic rings. The van der Waals surface area contributed by atoms with Crippen molar-refractivity contribution in [1.29, 1.82) is 0 Å². The summed E-state index contributed by atoms with van der Waals surface area (Å²) in [6.07, 6.45) is 4.69. The van der Waals surface area contributed by atoms with Crippen LogP contribution < -0.4 is 5.32 Å². The van der Waals surface area contributed by atoms with Crippen LogP contribution in [-0.2, 0) is 14.3 Å². The van der Waals surface area contributed by atoms with Gasteiger partial charge in [-0.2, -0.15) is 0 Å². The van der Waals surface area contributed by atoms with E-state index in [1.165, 1.54) is 0 Å². The van der Waals surface area contributed by atoms with Gasteiger partial charge in [-0.25, -0.2) is 0 Å². The van der Waals surface area contributed by atoms with Crippen LogP contribution in [0.3, 0.4) is 0 Å². The Morgan fingerprint density at radius 2 is 2.15 bits per heavy atom. The van der Waals surface area contributed by atoms with E-state index in [4.69, 9.17) is 4.74 Å². The van der Waals surface area contributed by atoms with Crippen molar-refractivity contribution >= 4 is 12.4 Å². The third kappa shape index (κ3) is 8.85. The summed E-state index contributed by atoms with van der Waals surface area (Å²) in [4.78, 5) is 20.6. The SMILES string of the molecule is CCOC(=O)CCCCCN[C]=O. The predicted molar refractivity (Wildman–Crippen MR) is 48.8 cm³/mol. The molecule has 0 heterocycles. The van der Waals surface area contributed by atoms with Crippen LogP contribution in [0.5, 0.6) is 0 Å². The van der Waals surface area contributed by atoms with Crippen molar-refractivity contribution in [3.63, 3.8) is 0 Å². The van der Waals surface area contributed by atoms with Crippen molar-refractivity contribution in [2.45, 2.75) is 32.6 Å². The van der Waals surface area contributed by atoms with Crippen LogP contribution in [0.4, 0.5) is 0 Å². The monoisotopic (exact) mass is 186 g/mol. The van der Waals surface area contributed by atoms with Crippen LogP contribution in [0.1, 0.15) is 32.6 Å². The number of carbonyl (C=O) groups is 1. The van der Waals surface area contributed by atoms with Gasteiger partial charge in [-0.05, 0) is 19.8 Å². The molecule has 0 aromatic carbocycles. The van der Waals surface area contributed by atoms with E-state index in [2.05, 4.69) is 5.32 Å². The van der Waals surface area contributed by atoms with E-state index >= 15 is 0 Å².